The van der Waals surface area contributed by atoms with Crippen molar-refractivity contribution in [1.82, 2.24) is 10.6 Å². The summed E-state index contributed by atoms with van der Waals surface area (Å²) in [4.78, 5) is 27.4. The van der Waals surface area contributed by atoms with Crippen LogP contribution in [0, 0.1) is 0 Å². The van der Waals surface area contributed by atoms with Crippen LogP contribution in [0.2, 0.25) is 0 Å². The molecule has 2 heterocycles. The molecular weight excluding hydrogens is 294 g/mol. The van der Waals surface area contributed by atoms with Crippen LogP contribution in [0.3, 0.4) is 0 Å². The van der Waals surface area contributed by atoms with E-state index >= 15 is 0 Å². The van der Waals surface area contributed by atoms with Crippen molar-refractivity contribution in [3.8, 4) is 0 Å². The van der Waals surface area contributed by atoms with Crippen molar-refractivity contribution in [3.05, 3.63) is 0 Å². The Morgan fingerprint density at radius 1 is 1.48 bits per heavy atom. The Morgan fingerprint density at radius 3 is 3.00 bits per heavy atom. The molecule has 0 aliphatic carbocycles. The molecule has 1 unspecified atom stereocenters. The van der Waals surface area contributed by atoms with Gasteiger partial charge in [-0.3, -0.25) is 9.63 Å². The molecule has 0 aromatic rings. The van der Waals surface area contributed by atoms with Gasteiger partial charge in [0.25, 0.3) is 0 Å². The Bertz CT molecular complexity index is 378. The molecule has 0 saturated carbocycles. The third kappa shape index (κ3) is 4.49. The molecule has 120 valence electrons. The van der Waals surface area contributed by atoms with Crippen LogP contribution >= 0.6 is 11.8 Å². The lowest BCUT2D eigenvalue weighted by Crippen LogP contribution is -2.36. The maximum atomic E-state index is 11.6. The fraction of sp³-hybridized carbons (Fsp3) is 0.846. The van der Waals surface area contributed by atoms with Crippen molar-refractivity contribution in [2.45, 2.75) is 62.7 Å². The van der Waals surface area contributed by atoms with Gasteiger partial charge in [-0.2, -0.15) is 11.8 Å². The lowest BCUT2D eigenvalue weighted by Gasteiger charge is -2.16. The zero-order valence-corrected chi connectivity index (χ0v) is 13.0. The van der Waals surface area contributed by atoms with Crippen molar-refractivity contribution in [3.63, 3.8) is 0 Å². The lowest BCUT2D eigenvalue weighted by molar-refractivity contribution is -0.180. The topological polar surface area (TPSA) is 103 Å². The van der Waals surface area contributed by atoms with E-state index in [0.717, 1.165) is 25.0 Å². The van der Waals surface area contributed by atoms with Crippen LogP contribution in [0.25, 0.3) is 0 Å². The Balaban J connectivity index is 1.60. The number of carbonyl (C=O) groups is 2. The van der Waals surface area contributed by atoms with Gasteiger partial charge in [0.2, 0.25) is 6.29 Å². The standard InChI is InChI=1S/C13H23N3O4S/c1-2-11(20-14)19-10(17)6-4-3-5-9-12-8(7-21-9)15-13(18)16-12/h8-9,11-12H,2-7,14H2,1H3,(H2,15,16,18)/t8-,9-,11?,12-/m0/s1. The van der Waals surface area contributed by atoms with Crippen LogP contribution in [0.5, 0.6) is 0 Å². The monoisotopic (exact) mass is 317 g/mol. The van der Waals surface area contributed by atoms with E-state index in [2.05, 4.69) is 15.5 Å². The Hall–Kier alpha value is -0.990. The molecule has 2 amide bonds. The first-order valence-electron chi connectivity index (χ1n) is 7.37. The predicted molar refractivity (Wildman–Crippen MR) is 79.4 cm³/mol. The number of ether oxygens (including phenoxy) is 1. The molecule has 2 aliphatic rings. The van der Waals surface area contributed by atoms with Gasteiger partial charge >= 0.3 is 12.0 Å². The van der Waals surface area contributed by atoms with E-state index < -0.39 is 6.29 Å². The fourth-order valence-electron chi connectivity index (χ4n) is 2.67. The first-order chi connectivity index (χ1) is 10.1. The SMILES string of the molecule is CCC(ON)OC(=O)CCCC[C@@H]1SC[C@@H]2NC(=O)N[C@@H]21. The van der Waals surface area contributed by atoms with E-state index in [-0.39, 0.29) is 24.1 Å². The summed E-state index contributed by atoms with van der Waals surface area (Å²) in [6, 6.07) is 0.417. The Kier molecular flexibility index (Phi) is 6.13. The average molecular weight is 317 g/mol. The summed E-state index contributed by atoms with van der Waals surface area (Å²) in [5.74, 6) is 5.69. The first-order valence-corrected chi connectivity index (χ1v) is 8.42. The highest BCUT2D eigenvalue weighted by Crippen LogP contribution is 2.33. The van der Waals surface area contributed by atoms with Crippen molar-refractivity contribution in [2.75, 3.05) is 5.75 Å². The largest absolute Gasteiger partial charge is 0.434 e. The number of hydrogen-bond acceptors (Lipinski definition) is 6. The summed E-state index contributed by atoms with van der Waals surface area (Å²) in [6.07, 6.45) is 2.96. The van der Waals surface area contributed by atoms with Crippen LogP contribution in [0.15, 0.2) is 0 Å². The number of fused-ring (bicyclic) bond motifs is 1. The van der Waals surface area contributed by atoms with Crippen molar-refractivity contribution < 1.29 is 19.2 Å². The lowest BCUT2D eigenvalue weighted by atomic mass is 10.0. The summed E-state index contributed by atoms with van der Waals surface area (Å²) in [5, 5.41) is 6.31. The fourth-order valence-corrected chi connectivity index (χ4v) is 4.21. The van der Waals surface area contributed by atoms with E-state index in [0.29, 0.717) is 18.1 Å². The second-order valence-corrected chi connectivity index (χ2v) is 6.60. The molecule has 0 bridgehead atoms. The van der Waals surface area contributed by atoms with Crippen LogP contribution in [0.4, 0.5) is 4.79 Å². The number of nitrogens with two attached hydrogens (primary N) is 1. The number of carbonyl (C=O) groups excluding carboxylic acids is 2. The molecule has 2 aliphatic heterocycles. The highest BCUT2D eigenvalue weighted by molar-refractivity contribution is 8.00. The average Bonchev–Trinajstić information content (AvgIpc) is 3.00. The van der Waals surface area contributed by atoms with Gasteiger partial charge in [0.05, 0.1) is 12.1 Å². The third-order valence-corrected chi connectivity index (χ3v) is 5.31. The number of thioether (sulfide) groups is 1. The maximum Gasteiger partial charge on any atom is 0.315 e. The number of urea groups is 1. The Labute approximate surface area is 128 Å². The molecule has 2 rings (SSSR count). The van der Waals surface area contributed by atoms with E-state index in [1.165, 1.54) is 0 Å². The molecule has 2 saturated heterocycles. The second-order valence-electron chi connectivity index (χ2n) is 5.33. The predicted octanol–water partition coefficient (Wildman–Crippen LogP) is 0.882. The van der Waals surface area contributed by atoms with Crippen molar-refractivity contribution >= 4 is 23.8 Å². The van der Waals surface area contributed by atoms with Crippen LogP contribution in [0.1, 0.15) is 39.0 Å². The number of amides is 2. The summed E-state index contributed by atoms with van der Waals surface area (Å²) in [6.45, 7) is 1.84. The van der Waals surface area contributed by atoms with Crippen LogP contribution in [-0.2, 0) is 14.4 Å². The van der Waals surface area contributed by atoms with E-state index in [9.17, 15) is 9.59 Å². The van der Waals surface area contributed by atoms with E-state index in [1.54, 1.807) is 0 Å². The summed E-state index contributed by atoms with van der Waals surface area (Å²) >= 11 is 1.88. The van der Waals surface area contributed by atoms with E-state index in [4.69, 9.17) is 10.6 Å². The molecule has 0 spiro atoms. The highest BCUT2D eigenvalue weighted by atomic mass is 32.2. The smallest absolute Gasteiger partial charge is 0.315 e. The second kappa shape index (κ2) is 7.86. The molecule has 7 nitrogen and oxygen atoms in total. The highest BCUT2D eigenvalue weighted by Gasteiger charge is 2.42. The molecule has 0 aromatic carbocycles. The normalized spacial score (nSPS) is 28.7. The number of rotatable bonds is 8. The summed E-state index contributed by atoms with van der Waals surface area (Å²) < 4.78 is 5.05. The molecule has 4 N–H and O–H groups in total. The molecule has 21 heavy (non-hydrogen) atoms. The van der Waals surface area contributed by atoms with Crippen molar-refractivity contribution in [2.24, 2.45) is 5.90 Å². The molecule has 8 heteroatoms. The van der Waals surface area contributed by atoms with Crippen molar-refractivity contribution in [1.29, 1.82) is 0 Å². The number of hydrogen-bond donors (Lipinski definition) is 3. The number of unbranched alkanes of at least 4 members (excludes halogenated alkanes) is 1. The molecule has 0 radical (unpaired) electrons. The maximum absolute atomic E-state index is 11.6. The number of nitrogens with one attached hydrogen (secondary N) is 2. The van der Waals surface area contributed by atoms with Gasteiger partial charge in [-0.1, -0.05) is 13.3 Å². The van der Waals surface area contributed by atoms with E-state index in [1.807, 2.05) is 18.7 Å². The van der Waals surface area contributed by atoms with Gasteiger partial charge in [-0.05, 0) is 12.8 Å². The Morgan fingerprint density at radius 2 is 2.29 bits per heavy atom. The van der Waals surface area contributed by atoms with Gasteiger partial charge in [-0.15, -0.1) is 0 Å². The summed E-state index contributed by atoms with van der Waals surface area (Å²) in [7, 11) is 0. The van der Waals surface area contributed by atoms with Gasteiger partial charge in [0, 0.05) is 23.8 Å². The quantitative estimate of drug-likeness (QED) is 0.202. The zero-order chi connectivity index (χ0) is 15.2. The van der Waals surface area contributed by atoms with Gasteiger partial charge in [0.15, 0.2) is 0 Å². The molecule has 4 atom stereocenters. The van der Waals surface area contributed by atoms with Gasteiger partial charge < -0.3 is 15.4 Å². The minimum atomic E-state index is -0.650. The van der Waals surface area contributed by atoms with Crippen LogP contribution in [-0.4, -0.2) is 41.4 Å². The zero-order valence-electron chi connectivity index (χ0n) is 12.2. The van der Waals surface area contributed by atoms with Crippen LogP contribution < -0.4 is 16.5 Å². The molecule has 2 fully saturated rings. The molecular formula is C13H23N3O4S. The summed E-state index contributed by atoms with van der Waals surface area (Å²) in [5.41, 5.74) is 0. The minimum absolute atomic E-state index is 0.0636. The third-order valence-electron chi connectivity index (χ3n) is 3.81. The minimum Gasteiger partial charge on any atom is -0.434 e. The van der Waals surface area contributed by atoms with Gasteiger partial charge in [0.1, 0.15) is 0 Å². The molecule has 0 aromatic heterocycles. The first kappa shape index (κ1) is 16.4. The number of esters is 1. The van der Waals surface area contributed by atoms with Gasteiger partial charge in [-0.25, -0.2) is 10.7 Å².